The summed E-state index contributed by atoms with van der Waals surface area (Å²) in [5.74, 6) is 0.473. The third-order valence-electron chi connectivity index (χ3n) is 6.36. The summed E-state index contributed by atoms with van der Waals surface area (Å²) >= 11 is 13.0. The molecule has 5 rings (SSSR count). The monoisotopic (exact) mass is 499 g/mol. The number of rotatable bonds is 3. The van der Waals surface area contributed by atoms with Crippen LogP contribution in [0.5, 0.6) is 0 Å². The normalized spacial score (nSPS) is 18.1. The number of aromatic nitrogens is 2. The van der Waals surface area contributed by atoms with E-state index in [0.29, 0.717) is 41.8 Å². The van der Waals surface area contributed by atoms with Crippen LogP contribution >= 0.6 is 23.2 Å². The summed E-state index contributed by atoms with van der Waals surface area (Å²) in [6.45, 7) is 6.23. The number of hydrogen-bond donors (Lipinski definition) is 1. The molecule has 1 amide bonds. The molecule has 0 spiro atoms. The van der Waals surface area contributed by atoms with Crippen LogP contribution in [0.2, 0.25) is 10.0 Å². The van der Waals surface area contributed by atoms with Gasteiger partial charge in [0.05, 0.1) is 21.3 Å². The van der Waals surface area contributed by atoms with E-state index in [4.69, 9.17) is 23.2 Å². The number of hydrogen-bond acceptors (Lipinski definition) is 4. The Morgan fingerprint density at radius 2 is 1.76 bits per heavy atom. The van der Waals surface area contributed by atoms with Gasteiger partial charge >= 0.3 is 0 Å². The maximum absolute atomic E-state index is 13.9. The number of halogens is 3. The summed E-state index contributed by atoms with van der Waals surface area (Å²) in [7, 11) is 0. The summed E-state index contributed by atoms with van der Waals surface area (Å²) < 4.78 is 15.1. The molecule has 6 nitrogen and oxygen atoms in total. The van der Waals surface area contributed by atoms with Crippen molar-refractivity contribution in [3.63, 3.8) is 0 Å². The zero-order valence-electron chi connectivity index (χ0n) is 18.9. The van der Waals surface area contributed by atoms with Crippen LogP contribution in [-0.4, -0.2) is 46.8 Å². The van der Waals surface area contributed by atoms with Crippen molar-refractivity contribution in [3.8, 4) is 0 Å². The molecule has 1 atom stereocenters. The van der Waals surface area contributed by atoms with Crippen molar-refractivity contribution < 1.29 is 9.18 Å². The molecule has 3 heterocycles. The third-order valence-corrected chi connectivity index (χ3v) is 7.19. The van der Waals surface area contributed by atoms with Gasteiger partial charge in [0.15, 0.2) is 0 Å². The highest BCUT2D eigenvalue weighted by Gasteiger charge is 2.37. The summed E-state index contributed by atoms with van der Waals surface area (Å²) in [5.41, 5.74) is 3.87. The molecule has 1 saturated heterocycles. The molecule has 1 unspecified atom stereocenters. The van der Waals surface area contributed by atoms with Gasteiger partial charge in [-0.3, -0.25) is 4.79 Å². The number of amides is 1. The Bertz CT molecular complexity index is 1280. The summed E-state index contributed by atoms with van der Waals surface area (Å²) in [4.78, 5) is 17.9. The molecule has 2 aromatic carbocycles. The van der Waals surface area contributed by atoms with Crippen LogP contribution in [0.3, 0.4) is 0 Å². The van der Waals surface area contributed by atoms with E-state index in [9.17, 15) is 9.18 Å². The zero-order valence-corrected chi connectivity index (χ0v) is 20.4. The van der Waals surface area contributed by atoms with Gasteiger partial charge < -0.3 is 15.1 Å². The molecule has 0 radical (unpaired) electrons. The van der Waals surface area contributed by atoms with Gasteiger partial charge in [0.25, 0.3) is 5.91 Å². The first-order valence-corrected chi connectivity index (χ1v) is 11.9. The van der Waals surface area contributed by atoms with E-state index in [2.05, 4.69) is 15.3 Å². The van der Waals surface area contributed by atoms with Crippen LogP contribution < -0.4 is 10.2 Å². The van der Waals surface area contributed by atoms with Gasteiger partial charge in [0.2, 0.25) is 0 Å². The predicted octanol–water partition coefficient (Wildman–Crippen LogP) is 5.28. The highest BCUT2D eigenvalue weighted by molar-refractivity contribution is 6.42. The number of nitrogens with one attached hydrogen (secondary N) is 1. The van der Waals surface area contributed by atoms with Gasteiger partial charge in [-0.25, -0.2) is 9.07 Å². The second-order valence-corrected chi connectivity index (χ2v) is 9.37. The molecule has 1 N–H and O–H groups in total. The largest absolute Gasteiger partial charge is 0.368 e. The Morgan fingerprint density at radius 1 is 1.06 bits per heavy atom. The number of carbonyl (C=O) groups is 1. The average Bonchev–Trinajstić information content (AvgIpc) is 3.20. The number of fused-ring (bicyclic) bond motifs is 1. The van der Waals surface area contributed by atoms with Gasteiger partial charge in [0, 0.05) is 49.2 Å². The van der Waals surface area contributed by atoms with E-state index in [1.54, 1.807) is 18.2 Å². The van der Waals surface area contributed by atoms with Crippen LogP contribution in [0, 0.1) is 12.7 Å². The molecule has 1 aromatic heterocycles. The molecule has 0 aliphatic carbocycles. The predicted molar refractivity (Wildman–Crippen MR) is 133 cm³/mol. The van der Waals surface area contributed by atoms with E-state index in [1.165, 1.54) is 12.1 Å². The highest BCUT2D eigenvalue weighted by Crippen LogP contribution is 2.41. The van der Waals surface area contributed by atoms with E-state index in [-0.39, 0.29) is 11.7 Å². The number of allylic oxidation sites excluding steroid dienone is 1. The van der Waals surface area contributed by atoms with Gasteiger partial charge in [0.1, 0.15) is 17.7 Å². The summed E-state index contributed by atoms with van der Waals surface area (Å²) in [5, 5.41) is 8.84. The zero-order chi connectivity index (χ0) is 24.0. The topological polar surface area (TPSA) is 53.4 Å². The van der Waals surface area contributed by atoms with Crippen molar-refractivity contribution in [2.24, 2.45) is 0 Å². The lowest BCUT2D eigenvalue weighted by atomic mass is 9.94. The number of carbonyl (C=O) groups excluding carboxylic acids is 1. The lowest BCUT2D eigenvalue weighted by Crippen LogP contribution is -2.50. The fourth-order valence-corrected chi connectivity index (χ4v) is 5.09. The van der Waals surface area contributed by atoms with E-state index in [0.717, 1.165) is 28.5 Å². The Kier molecular flexibility index (Phi) is 6.00. The van der Waals surface area contributed by atoms with Gasteiger partial charge in [-0.1, -0.05) is 35.3 Å². The van der Waals surface area contributed by atoms with Gasteiger partial charge in [-0.2, -0.15) is 5.10 Å². The van der Waals surface area contributed by atoms with Crippen molar-refractivity contribution in [1.29, 1.82) is 0 Å². The van der Waals surface area contributed by atoms with E-state index >= 15 is 0 Å². The van der Waals surface area contributed by atoms with Crippen LogP contribution in [0.4, 0.5) is 15.9 Å². The fourth-order valence-electron chi connectivity index (χ4n) is 4.68. The Balaban J connectivity index is 1.46. The van der Waals surface area contributed by atoms with Gasteiger partial charge in [-0.15, -0.1) is 0 Å². The summed E-state index contributed by atoms with van der Waals surface area (Å²) in [6.07, 6.45) is 0. The molecule has 0 bridgehead atoms. The fraction of sp³-hybridized carbons (Fsp3) is 0.280. The smallest absolute Gasteiger partial charge is 0.254 e. The molecule has 0 saturated carbocycles. The number of benzene rings is 2. The van der Waals surface area contributed by atoms with Crippen LogP contribution in [0.25, 0.3) is 0 Å². The van der Waals surface area contributed by atoms with Crippen LogP contribution in [0.15, 0.2) is 59.8 Å². The Labute approximate surface area is 207 Å². The van der Waals surface area contributed by atoms with Crippen molar-refractivity contribution in [1.82, 2.24) is 14.7 Å². The molecular formula is C25H24Cl2FN5O. The number of aryl methyl sites for hydroxylation is 1. The van der Waals surface area contributed by atoms with Crippen molar-refractivity contribution in [2.75, 3.05) is 36.4 Å². The van der Waals surface area contributed by atoms with Crippen LogP contribution in [-0.2, 0) is 4.79 Å². The first kappa shape index (κ1) is 22.7. The van der Waals surface area contributed by atoms with E-state index in [1.807, 2.05) is 41.6 Å². The molecule has 2 aliphatic rings. The lowest BCUT2D eigenvalue weighted by molar-refractivity contribution is -0.128. The Hall–Kier alpha value is -3.03. The van der Waals surface area contributed by atoms with Crippen LogP contribution in [0.1, 0.15) is 24.2 Å². The Morgan fingerprint density at radius 3 is 2.47 bits per heavy atom. The minimum absolute atomic E-state index is 0.0661. The van der Waals surface area contributed by atoms with Crippen molar-refractivity contribution in [3.05, 3.63) is 86.9 Å². The number of nitrogens with zero attached hydrogens (tertiary/aromatic N) is 4. The van der Waals surface area contributed by atoms with Crippen molar-refractivity contribution >= 4 is 40.6 Å². The third kappa shape index (κ3) is 4.03. The quantitative estimate of drug-likeness (QED) is 0.532. The molecular weight excluding hydrogens is 476 g/mol. The molecule has 9 heteroatoms. The second kappa shape index (κ2) is 8.96. The van der Waals surface area contributed by atoms with Crippen molar-refractivity contribution in [2.45, 2.75) is 19.9 Å². The molecule has 34 heavy (non-hydrogen) atoms. The standard InChI is InChI=1S/C25H24Cl2FN5O/c1-15-14-21-29-16(2)22(24(33(21)30-15)19-4-3-5-20(26)23(19)27)25(34)32-12-10-31(11-13-32)18-8-6-17(28)7-9-18/h3-9,14,24,29H,10-13H2,1-2H3. The van der Waals surface area contributed by atoms with E-state index < -0.39 is 6.04 Å². The lowest BCUT2D eigenvalue weighted by Gasteiger charge is -2.38. The first-order chi connectivity index (χ1) is 16.3. The molecule has 176 valence electrons. The molecule has 1 fully saturated rings. The SMILES string of the molecule is CC1=C(C(=O)N2CCN(c3ccc(F)cc3)CC2)C(c2cccc(Cl)c2Cl)n2nc(C)cc2N1. The minimum Gasteiger partial charge on any atom is -0.368 e. The first-order valence-electron chi connectivity index (χ1n) is 11.1. The number of piperazine rings is 1. The number of anilines is 2. The summed E-state index contributed by atoms with van der Waals surface area (Å²) in [6, 6.07) is 13.3. The highest BCUT2D eigenvalue weighted by atomic mass is 35.5. The minimum atomic E-state index is -0.501. The maximum Gasteiger partial charge on any atom is 0.254 e. The van der Waals surface area contributed by atoms with Gasteiger partial charge in [-0.05, 0) is 44.2 Å². The molecule has 3 aromatic rings. The second-order valence-electron chi connectivity index (χ2n) is 8.58. The maximum atomic E-state index is 13.9. The average molecular weight is 500 g/mol. The molecule has 2 aliphatic heterocycles.